The summed E-state index contributed by atoms with van der Waals surface area (Å²) in [5.74, 6) is 0.358. The van der Waals surface area contributed by atoms with Crippen LogP contribution in [0.15, 0.2) is 18.2 Å². The van der Waals surface area contributed by atoms with E-state index in [2.05, 4.69) is 10.3 Å². The molecule has 1 aromatic heterocycles. The standard InChI is InChI=1S/C15H21N3O3/c1-4-15(2)14(20)18(9-8-12(19)17-15)10-11-6-5-7-13(16-11)21-3/h5-7H,4,8-10H2,1-3H3,(H,17,19). The number of amides is 2. The molecular formula is C15H21N3O3. The van der Waals surface area contributed by atoms with Gasteiger partial charge < -0.3 is 15.0 Å². The van der Waals surface area contributed by atoms with Gasteiger partial charge in [-0.15, -0.1) is 0 Å². The van der Waals surface area contributed by atoms with Gasteiger partial charge in [0, 0.05) is 19.0 Å². The summed E-state index contributed by atoms with van der Waals surface area (Å²) in [6, 6.07) is 5.44. The fraction of sp³-hybridized carbons (Fsp3) is 0.533. The van der Waals surface area contributed by atoms with E-state index in [-0.39, 0.29) is 11.8 Å². The number of hydrogen-bond donors (Lipinski definition) is 1. The van der Waals surface area contributed by atoms with Crippen LogP contribution in [0.3, 0.4) is 0 Å². The van der Waals surface area contributed by atoms with Crippen LogP contribution in [0.2, 0.25) is 0 Å². The summed E-state index contributed by atoms with van der Waals surface area (Å²) < 4.78 is 5.09. The third-order valence-electron chi connectivity index (χ3n) is 3.83. The van der Waals surface area contributed by atoms with Crippen molar-refractivity contribution in [3.63, 3.8) is 0 Å². The summed E-state index contributed by atoms with van der Waals surface area (Å²) >= 11 is 0. The van der Waals surface area contributed by atoms with Gasteiger partial charge in [-0.2, -0.15) is 0 Å². The highest BCUT2D eigenvalue weighted by Crippen LogP contribution is 2.19. The lowest BCUT2D eigenvalue weighted by molar-refractivity contribution is -0.138. The molecule has 6 heteroatoms. The molecule has 0 radical (unpaired) electrons. The average Bonchev–Trinajstić information content (AvgIpc) is 2.59. The minimum absolute atomic E-state index is 0.0690. The molecule has 1 unspecified atom stereocenters. The van der Waals surface area contributed by atoms with Gasteiger partial charge in [0.15, 0.2) is 0 Å². The van der Waals surface area contributed by atoms with Crippen molar-refractivity contribution in [2.24, 2.45) is 0 Å². The molecule has 1 saturated heterocycles. The molecule has 0 aliphatic carbocycles. The second-order valence-corrected chi connectivity index (χ2v) is 5.38. The van der Waals surface area contributed by atoms with Crippen LogP contribution < -0.4 is 10.1 Å². The first kappa shape index (κ1) is 15.3. The summed E-state index contributed by atoms with van der Waals surface area (Å²) in [4.78, 5) is 30.4. The number of carbonyl (C=O) groups is 2. The van der Waals surface area contributed by atoms with Crippen molar-refractivity contribution in [1.29, 1.82) is 0 Å². The van der Waals surface area contributed by atoms with Crippen LogP contribution in [0, 0.1) is 0 Å². The average molecular weight is 291 g/mol. The van der Waals surface area contributed by atoms with E-state index in [0.29, 0.717) is 31.8 Å². The second-order valence-electron chi connectivity index (χ2n) is 5.38. The zero-order valence-electron chi connectivity index (χ0n) is 12.7. The number of pyridine rings is 1. The number of nitrogens with one attached hydrogen (secondary N) is 1. The zero-order chi connectivity index (χ0) is 15.5. The van der Waals surface area contributed by atoms with Gasteiger partial charge in [0.1, 0.15) is 5.54 Å². The molecule has 2 heterocycles. The molecule has 1 N–H and O–H groups in total. The van der Waals surface area contributed by atoms with E-state index < -0.39 is 5.54 Å². The molecule has 0 bridgehead atoms. The van der Waals surface area contributed by atoms with Gasteiger partial charge in [-0.05, 0) is 19.4 Å². The predicted octanol–water partition coefficient (Wildman–Crippen LogP) is 1.11. The Bertz CT molecular complexity index is 547. The Hall–Kier alpha value is -2.11. The molecule has 2 amide bonds. The monoisotopic (exact) mass is 291 g/mol. The Morgan fingerprint density at radius 2 is 2.19 bits per heavy atom. The van der Waals surface area contributed by atoms with E-state index >= 15 is 0 Å². The van der Waals surface area contributed by atoms with Crippen molar-refractivity contribution < 1.29 is 14.3 Å². The smallest absolute Gasteiger partial charge is 0.248 e. The number of nitrogens with zero attached hydrogens (tertiary/aromatic N) is 2. The van der Waals surface area contributed by atoms with Crippen LogP contribution in [0.5, 0.6) is 5.88 Å². The lowest BCUT2D eigenvalue weighted by Gasteiger charge is -2.31. The number of methoxy groups -OCH3 is 1. The topological polar surface area (TPSA) is 71.5 Å². The summed E-state index contributed by atoms with van der Waals surface area (Å²) in [6.07, 6.45) is 0.866. The van der Waals surface area contributed by atoms with E-state index in [1.54, 1.807) is 25.0 Å². The Balaban J connectivity index is 2.21. The third kappa shape index (κ3) is 3.32. The summed E-state index contributed by atoms with van der Waals surface area (Å²) in [5, 5.41) is 2.82. The lowest BCUT2D eigenvalue weighted by Crippen LogP contribution is -2.54. The number of aromatic nitrogens is 1. The van der Waals surface area contributed by atoms with E-state index in [9.17, 15) is 9.59 Å². The highest BCUT2D eigenvalue weighted by atomic mass is 16.5. The van der Waals surface area contributed by atoms with Gasteiger partial charge >= 0.3 is 0 Å². The first-order valence-corrected chi connectivity index (χ1v) is 7.09. The highest BCUT2D eigenvalue weighted by molar-refractivity contribution is 5.93. The molecule has 114 valence electrons. The molecule has 1 aliphatic heterocycles. The second kappa shape index (κ2) is 6.11. The van der Waals surface area contributed by atoms with Gasteiger partial charge in [0.25, 0.3) is 0 Å². The maximum atomic E-state index is 12.7. The molecule has 0 aromatic carbocycles. The Morgan fingerprint density at radius 1 is 1.43 bits per heavy atom. The number of ether oxygens (including phenoxy) is 1. The van der Waals surface area contributed by atoms with Gasteiger partial charge in [0.2, 0.25) is 17.7 Å². The molecule has 2 rings (SSSR count). The Kier molecular flexibility index (Phi) is 4.45. The van der Waals surface area contributed by atoms with Crippen LogP contribution >= 0.6 is 0 Å². The Morgan fingerprint density at radius 3 is 2.86 bits per heavy atom. The first-order valence-electron chi connectivity index (χ1n) is 7.09. The van der Waals surface area contributed by atoms with Gasteiger partial charge in [-0.25, -0.2) is 4.98 Å². The number of carbonyl (C=O) groups excluding carboxylic acids is 2. The van der Waals surface area contributed by atoms with Crippen LogP contribution in [0.4, 0.5) is 0 Å². The minimum Gasteiger partial charge on any atom is -0.481 e. The maximum absolute atomic E-state index is 12.7. The van der Waals surface area contributed by atoms with Crippen LogP contribution in [-0.4, -0.2) is 40.9 Å². The number of rotatable bonds is 4. The summed E-state index contributed by atoms with van der Waals surface area (Å²) in [7, 11) is 1.56. The van der Waals surface area contributed by atoms with Crippen molar-refractivity contribution in [2.45, 2.75) is 38.8 Å². The van der Waals surface area contributed by atoms with Crippen LogP contribution in [0.1, 0.15) is 32.4 Å². The van der Waals surface area contributed by atoms with Gasteiger partial charge in [-0.1, -0.05) is 13.0 Å². The molecule has 6 nitrogen and oxygen atoms in total. The van der Waals surface area contributed by atoms with Gasteiger partial charge in [-0.3, -0.25) is 9.59 Å². The zero-order valence-corrected chi connectivity index (χ0v) is 12.7. The van der Waals surface area contributed by atoms with E-state index in [1.165, 1.54) is 0 Å². The third-order valence-corrected chi connectivity index (χ3v) is 3.83. The largest absolute Gasteiger partial charge is 0.481 e. The van der Waals surface area contributed by atoms with E-state index in [4.69, 9.17) is 4.74 Å². The van der Waals surface area contributed by atoms with Crippen LogP contribution in [0.25, 0.3) is 0 Å². The molecular weight excluding hydrogens is 270 g/mol. The fourth-order valence-electron chi connectivity index (χ4n) is 2.36. The molecule has 1 atom stereocenters. The molecule has 0 saturated carbocycles. The fourth-order valence-corrected chi connectivity index (χ4v) is 2.36. The number of hydrogen-bond acceptors (Lipinski definition) is 4. The minimum atomic E-state index is -0.841. The molecule has 1 fully saturated rings. The van der Waals surface area contributed by atoms with Crippen molar-refractivity contribution >= 4 is 11.8 Å². The predicted molar refractivity (Wildman–Crippen MR) is 77.7 cm³/mol. The van der Waals surface area contributed by atoms with E-state index in [1.807, 2.05) is 19.1 Å². The van der Waals surface area contributed by atoms with Crippen molar-refractivity contribution in [3.8, 4) is 5.88 Å². The van der Waals surface area contributed by atoms with Crippen LogP contribution in [-0.2, 0) is 16.1 Å². The molecule has 1 aromatic rings. The highest BCUT2D eigenvalue weighted by Gasteiger charge is 2.39. The molecule has 21 heavy (non-hydrogen) atoms. The summed E-state index contributed by atoms with van der Waals surface area (Å²) in [5.41, 5.74) is -0.0950. The Labute approximate surface area is 124 Å². The quantitative estimate of drug-likeness (QED) is 0.902. The summed E-state index contributed by atoms with van der Waals surface area (Å²) in [6.45, 7) is 4.44. The maximum Gasteiger partial charge on any atom is 0.248 e. The van der Waals surface area contributed by atoms with Gasteiger partial charge in [0.05, 0.1) is 19.3 Å². The van der Waals surface area contributed by atoms with E-state index in [0.717, 1.165) is 5.69 Å². The lowest BCUT2D eigenvalue weighted by atomic mass is 9.97. The SMILES string of the molecule is CCC1(C)NC(=O)CCN(Cc2cccc(OC)n2)C1=O. The van der Waals surface area contributed by atoms with Crippen molar-refractivity contribution in [2.75, 3.05) is 13.7 Å². The normalized spacial score (nSPS) is 22.7. The van der Waals surface area contributed by atoms with Crippen molar-refractivity contribution in [1.82, 2.24) is 15.2 Å². The molecule has 1 aliphatic rings. The molecule has 0 spiro atoms. The van der Waals surface area contributed by atoms with Crippen molar-refractivity contribution in [3.05, 3.63) is 23.9 Å². The first-order chi connectivity index (χ1) is 9.98.